The van der Waals surface area contributed by atoms with Crippen molar-refractivity contribution in [3.05, 3.63) is 5.51 Å². The quantitative estimate of drug-likeness (QED) is 0.863. The first-order valence-electron chi connectivity index (χ1n) is 5.65. The van der Waals surface area contributed by atoms with Crippen molar-refractivity contribution in [2.24, 2.45) is 0 Å². The Labute approximate surface area is 98.9 Å². The molecule has 0 spiro atoms. The fraction of sp³-hybridized carbons (Fsp3) is 0.700. The summed E-state index contributed by atoms with van der Waals surface area (Å²) in [5, 5.41) is 10.9. The number of nitrogens with zero attached hydrogens (tertiary/aromatic N) is 3. The average molecular weight is 240 g/mol. The zero-order chi connectivity index (χ0) is 11.4. The Bertz CT molecular complexity index is 341. The molecule has 2 heterocycles. The lowest BCUT2D eigenvalue weighted by Crippen LogP contribution is -2.45. The molecule has 1 aliphatic heterocycles. The maximum Gasteiger partial charge on any atom is 0.323 e. The molecule has 1 aliphatic rings. The first-order valence-corrected chi connectivity index (χ1v) is 6.53. The first-order chi connectivity index (χ1) is 7.81. The lowest BCUT2D eigenvalue weighted by Gasteiger charge is -2.34. The second-order valence-corrected chi connectivity index (χ2v) is 4.76. The third-order valence-corrected chi connectivity index (χ3v) is 3.54. The van der Waals surface area contributed by atoms with Crippen LogP contribution in [0.25, 0.3) is 0 Å². The molecule has 1 saturated heterocycles. The van der Waals surface area contributed by atoms with Crippen LogP contribution in [0.3, 0.4) is 0 Å². The molecular weight excluding hydrogens is 224 g/mol. The Kier molecular flexibility index (Phi) is 3.71. The molecular formula is C10H16N4OS. The summed E-state index contributed by atoms with van der Waals surface area (Å²) in [6.07, 6.45) is 4.45. The van der Waals surface area contributed by atoms with Crippen molar-refractivity contribution in [1.29, 1.82) is 0 Å². The molecule has 0 aromatic carbocycles. The summed E-state index contributed by atoms with van der Waals surface area (Å²) in [6, 6.07) is 0.338. The standard InChI is InChI=1S/C10H16N4OS/c1-2-8-5-3-4-6-14(8)10(15)12-9-13-11-7-16-9/h7-8H,2-6H2,1H3,(H,12,13,15). The number of anilines is 1. The van der Waals surface area contributed by atoms with Crippen LogP contribution < -0.4 is 5.32 Å². The Morgan fingerprint density at radius 1 is 1.69 bits per heavy atom. The van der Waals surface area contributed by atoms with E-state index in [1.165, 1.54) is 17.8 Å². The molecule has 2 rings (SSSR count). The number of amides is 2. The van der Waals surface area contributed by atoms with Gasteiger partial charge in [0.15, 0.2) is 0 Å². The van der Waals surface area contributed by atoms with E-state index in [-0.39, 0.29) is 6.03 Å². The summed E-state index contributed by atoms with van der Waals surface area (Å²) < 4.78 is 0. The van der Waals surface area contributed by atoms with Crippen molar-refractivity contribution in [1.82, 2.24) is 15.1 Å². The Balaban J connectivity index is 1.97. The minimum atomic E-state index is -0.0386. The molecule has 1 aromatic rings. The van der Waals surface area contributed by atoms with Crippen LogP contribution in [0.15, 0.2) is 5.51 Å². The van der Waals surface area contributed by atoms with Crippen LogP contribution in [0, 0.1) is 0 Å². The fourth-order valence-electron chi connectivity index (χ4n) is 2.08. The number of nitrogens with one attached hydrogen (secondary N) is 1. The summed E-state index contributed by atoms with van der Waals surface area (Å²) in [4.78, 5) is 13.9. The maximum atomic E-state index is 12.0. The minimum Gasteiger partial charge on any atom is -0.322 e. The number of carbonyl (C=O) groups is 1. The maximum absolute atomic E-state index is 12.0. The molecule has 1 atom stereocenters. The van der Waals surface area contributed by atoms with Gasteiger partial charge >= 0.3 is 6.03 Å². The van der Waals surface area contributed by atoms with Gasteiger partial charge in [0, 0.05) is 12.6 Å². The summed E-state index contributed by atoms with van der Waals surface area (Å²) in [6.45, 7) is 2.98. The van der Waals surface area contributed by atoms with Crippen molar-refractivity contribution in [2.45, 2.75) is 38.6 Å². The summed E-state index contributed by atoms with van der Waals surface area (Å²) in [5.74, 6) is 0. The number of urea groups is 1. The number of rotatable bonds is 2. The van der Waals surface area contributed by atoms with E-state index in [0.717, 1.165) is 25.8 Å². The van der Waals surface area contributed by atoms with Crippen molar-refractivity contribution < 1.29 is 4.79 Å². The first kappa shape index (κ1) is 11.3. The van der Waals surface area contributed by atoms with Crippen LogP contribution in [-0.4, -0.2) is 33.7 Å². The SMILES string of the molecule is CCC1CCCCN1C(=O)Nc1nncs1. The molecule has 0 radical (unpaired) electrons. The van der Waals surface area contributed by atoms with Crippen LogP contribution in [0.4, 0.5) is 9.93 Å². The normalized spacial score (nSPS) is 20.8. The third-order valence-electron chi connectivity index (χ3n) is 2.93. The molecule has 1 fully saturated rings. The van der Waals surface area contributed by atoms with Crippen molar-refractivity contribution in [2.75, 3.05) is 11.9 Å². The number of hydrogen-bond acceptors (Lipinski definition) is 4. The van der Waals surface area contributed by atoms with Crippen LogP contribution >= 0.6 is 11.3 Å². The number of hydrogen-bond donors (Lipinski definition) is 1. The largest absolute Gasteiger partial charge is 0.323 e. The molecule has 1 unspecified atom stereocenters. The van der Waals surface area contributed by atoms with Gasteiger partial charge in [-0.25, -0.2) is 4.79 Å². The number of piperidine rings is 1. The van der Waals surface area contributed by atoms with Gasteiger partial charge < -0.3 is 4.90 Å². The zero-order valence-electron chi connectivity index (χ0n) is 9.35. The van der Waals surface area contributed by atoms with Crippen LogP contribution in [0.5, 0.6) is 0 Å². The topological polar surface area (TPSA) is 58.1 Å². The lowest BCUT2D eigenvalue weighted by molar-refractivity contribution is 0.160. The van der Waals surface area contributed by atoms with Gasteiger partial charge in [0.25, 0.3) is 0 Å². The molecule has 2 amide bonds. The van der Waals surface area contributed by atoms with Crippen molar-refractivity contribution in [3.8, 4) is 0 Å². The third kappa shape index (κ3) is 2.49. The van der Waals surface area contributed by atoms with E-state index < -0.39 is 0 Å². The van der Waals surface area contributed by atoms with Crippen LogP contribution in [0.2, 0.25) is 0 Å². The minimum absolute atomic E-state index is 0.0386. The molecule has 88 valence electrons. The zero-order valence-corrected chi connectivity index (χ0v) is 10.2. The van der Waals surface area contributed by atoms with E-state index in [0.29, 0.717) is 11.2 Å². The molecule has 5 nitrogen and oxygen atoms in total. The van der Waals surface area contributed by atoms with Crippen molar-refractivity contribution >= 4 is 22.5 Å². The Hall–Kier alpha value is -1.17. The van der Waals surface area contributed by atoms with E-state index >= 15 is 0 Å². The highest BCUT2D eigenvalue weighted by Gasteiger charge is 2.25. The van der Waals surface area contributed by atoms with Gasteiger partial charge in [0.1, 0.15) is 5.51 Å². The predicted octanol–water partition coefficient (Wildman–Crippen LogP) is 2.33. The molecule has 1 aromatic heterocycles. The van der Waals surface area contributed by atoms with Gasteiger partial charge in [0.2, 0.25) is 5.13 Å². The highest BCUT2D eigenvalue weighted by molar-refractivity contribution is 7.13. The van der Waals surface area contributed by atoms with Crippen LogP contribution in [0.1, 0.15) is 32.6 Å². The second-order valence-electron chi connectivity index (χ2n) is 3.93. The number of likely N-dealkylation sites (tertiary alicyclic amines) is 1. The predicted molar refractivity (Wildman–Crippen MR) is 63.6 cm³/mol. The van der Waals surface area contributed by atoms with Gasteiger partial charge in [-0.05, 0) is 25.7 Å². The van der Waals surface area contributed by atoms with Crippen molar-refractivity contribution in [3.63, 3.8) is 0 Å². The fourth-order valence-corrected chi connectivity index (χ4v) is 2.52. The lowest BCUT2D eigenvalue weighted by atomic mass is 10.0. The van der Waals surface area contributed by atoms with E-state index in [2.05, 4.69) is 22.4 Å². The summed E-state index contributed by atoms with van der Waals surface area (Å²) in [5.41, 5.74) is 1.61. The van der Waals surface area contributed by atoms with Gasteiger partial charge in [-0.2, -0.15) is 0 Å². The summed E-state index contributed by atoms with van der Waals surface area (Å²) in [7, 11) is 0. The second kappa shape index (κ2) is 5.25. The van der Waals surface area contributed by atoms with E-state index in [9.17, 15) is 4.79 Å². The van der Waals surface area contributed by atoms with E-state index in [4.69, 9.17) is 0 Å². The molecule has 0 bridgehead atoms. The van der Waals surface area contributed by atoms with Gasteiger partial charge in [-0.15, -0.1) is 10.2 Å². The van der Waals surface area contributed by atoms with Crippen LogP contribution in [-0.2, 0) is 0 Å². The number of aromatic nitrogens is 2. The van der Waals surface area contributed by atoms with Gasteiger partial charge in [0.05, 0.1) is 0 Å². The van der Waals surface area contributed by atoms with E-state index in [1.54, 1.807) is 5.51 Å². The molecule has 16 heavy (non-hydrogen) atoms. The molecule has 6 heteroatoms. The van der Waals surface area contributed by atoms with E-state index in [1.807, 2.05) is 4.90 Å². The highest BCUT2D eigenvalue weighted by Crippen LogP contribution is 2.20. The molecule has 1 N–H and O–H groups in total. The highest BCUT2D eigenvalue weighted by atomic mass is 32.1. The average Bonchev–Trinajstić information content (AvgIpc) is 2.81. The monoisotopic (exact) mass is 240 g/mol. The smallest absolute Gasteiger partial charge is 0.322 e. The Morgan fingerprint density at radius 2 is 2.56 bits per heavy atom. The summed E-state index contributed by atoms with van der Waals surface area (Å²) >= 11 is 1.34. The van der Waals surface area contributed by atoms with Gasteiger partial charge in [-0.1, -0.05) is 18.3 Å². The molecule has 0 aliphatic carbocycles. The molecule has 0 saturated carbocycles. The van der Waals surface area contributed by atoms with Gasteiger partial charge in [-0.3, -0.25) is 5.32 Å². The number of carbonyl (C=O) groups excluding carboxylic acids is 1. The Morgan fingerprint density at radius 3 is 3.25 bits per heavy atom.